The van der Waals surface area contributed by atoms with Crippen LogP contribution in [0.4, 0.5) is 4.79 Å². The Morgan fingerprint density at radius 2 is 1.92 bits per heavy atom. The Balaban J connectivity index is 1.55. The van der Waals surface area contributed by atoms with Gasteiger partial charge in [-0.05, 0) is 29.9 Å². The lowest BCUT2D eigenvalue weighted by molar-refractivity contribution is -0.0869. The highest BCUT2D eigenvalue weighted by Crippen LogP contribution is 2.35. The second-order valence-electron chi connectivity index (χ2n) is 7.56. The zero-order valence-electron chi connectivity index (χ0n) is 15.3. The van der Waals surface area contributed by atoms with E-state index < -0.39 is 0 Å². The predicted octanol–water partition coefficient (Wildman–Crippen LogP) is 3.02. The molecule has 1 aromatic carbocycles. The Morgan fingerprint density at radius 3 is 2.64 bits per heavy atom. The van der Waals surface area contributed by atoms with Crippen LogP contribution in [0.1, 0.15) is 44.2 Å². The molecule has 1 spiro atoms. The van der Waals surface area contributed by atoms with Crippen molar-refractivity contribution in [2.24, 2.45) is 5.92 Å². The molecule has 2 N–H and O–H groups in total. The minimum absolute atomic E-state index is 0.0716. The fraction of sp³-hybridized carbons (Fsp3) is 0.650. The molecule has 25 heavy (non-hydrogen) atoms. The van der Waals surface area contributed by atoms with Gasteiger partial charge < -0.3 is 20.1 Å². The van der Waals surface area contributed by atoms with Crippen molar-refractivity contribution in [1.82, 2.24) is 10.6 Å². The normalized spacial score (nSPS) is 22.3. The molecule has 2 amide bonds. The summed E-state index contributed by atoms with van der Waals surface area (Å²) in [4.78, 5) is 12.4. The average Bonchev–Trinajstić information content (AvgIpc) is 2.96. The van der Waals surface area contributed by atoms with E-state index in [1.807, 2.05) is 6.07 Å². The lowest BCUT2D eigenvalue weighted by Crippen LogP contribution is -2.54. The summed E-state index contributed by atoms with van der Waals surface area (Å²) >= 11 is 0. The maximum atomic E-state index is 12.4. The predicted molar refractivity (Wildman–Crippen MR) is 97.5 cm³/mol. The number of carbonyl (C=O) groups excluding carboxylic acids is 1. The Hall–Kier alpha value is -1.59. The Kier molecular flexibility index (Phi) is 5.97. The van der Waals surface area contributed by atoms with Crippen molar-refractivity contribution in [2.75, 3.05) is 19.8 Å². The van der Waals surface area contributed by atoms with E-state index in [0.717, 1.165) is 25.7 Å². The minimum atomic E-state index is -0.231. The van der Waals surface area contributed by atoms with Crippen molar-refractivity contribution in [2.45, 2.75) is 57.7 Å². The van der Waals surface area contributed by atoms with Crippen molar-refractivity contribution >= 4 is 6.03 Å². The van der Waals surface area contributed by atoms with Crippen LogP contribution >= 0.6 is 0 Å². The van der Waals surface area contributed by atoms with E-state index in [0.29, 0.717) is 32.3 Å². The molecule has 0 saturated carbocycles. The first kappa shape index (κ1) is 18.2. The van der Waals surface area contributed by atoms with Gasteiger partial charge in [-0.3, -0.25) is 0 Å². The molecule has 0 aromatic heterocycles. The highest BCUT2D eigenvalue weighted by atomic mass is 16.5. The van der Waals surface area contributed by atoms with Gasteiger partial charge in [-0.2, -0.15) is 0 Å². The van der Waals surface area contributed by atoms with Crippen LogP contribution in [0.3, 0.4) is 0 Å². The van der Waals surface area contributed by atoms with Crippen LogP contribution in [0.25, 0.3) is 0 Å². The Labute approximate surface area is 150 Å². The van der Waals surface area contributed by atoms with E-state index in [2.05, 4.69) is 42.7 Å². The molecular formula is C20H30N2O3. The first-order valence-electron chi connectivity index (χ1n) is 9.42. The molecule has 138 valence electrons. The maximum Gasteiger partial charge on any atom is 0.315 e. The van der Waals surface area contributed by atoms with Gasteiger partial charge in [0.2, 0.25) is 0 Å². The molecule has 1 atom stereocenters. The molecule has 0 bridgehead atoms. The van der Waals surface area contributed by atoms with E-state index in [-0.39, 0.29) is 17.7 Å². The third-order valence-corrected chi connectivity index (χ3v) is 5.26. The molecule has 2 fully saturated rings. The molecule has 0 radical (unpaired) electrons. The SMILES string of the molecule is CC(C)Cc1ccccc1CNC(=O)NC1CCOC12CCOCC2. The second-order valence-corrected chi connectivity index (χ2v) is 7.56. The lowest BCUT2D eigenvalue weighted by Gasteiger charge is -2.37. The molecule has 2 aliphatic heterocycles. The molecule has 1 aromatic rings. The van der Waals surface area contributed by atoms with Gasteiger partial charge in [0.15, 0.2) is 0 Å². The molecule has 2 aliphatic rings. The minimum Gasteiger partial charge on any atom is -0.381 e. The van der Waals surface area contributed by atoms with Crippen LogP contribution in [-0.2, 0) is 22.4 Å². The fourth-order valence-corrected chi connectivity index (χ4v) is 3.91. The summed E-state index contributed by atoms with van der Waals surface area (Å²) in [6.45, 7) is 7.11. The van der Waals surface area contributed by atoms with E-state index in [4.69, 9.17) is 9.47 Å². The number of carbonyl (C=O) groups is 1. The summed E-state index contributed by atoms with van der Waals surface area (Å²) in [5, 5.41) is 6.16. The number of rotatable bonds is 5. The maximum absolute atomic E-state index is 12.4. The summed E-state index contributed by atoms with van der Waals surface area (Å²) in [7, 11) is 0. The third-order valence-electron chi connectivity index (χ3n) is 5.26. The van der Waals surface area contributed by atoms with Crippen molar-refractivity contribution in [3.8, 4) is 0 Å². The number of hydrogen-bond acceptors (Lipinski definition) is 3. The first-order chi connectivity index (χ1) is 12.1. The fourth-order valence-electron chi connectivity index (χ4n) is 3.91. The van der Waals surface area contributed by atoms with Crippen LogP contribution < -0.4 is 10.6 Å². The monoisotopic (exact) mass is 346 g/mol. The number of amides is 2. The molecule has 5 heteroatoms. The van der Waals surface area contributed by atoms with Crippen molar-refractivity contribution in [3.05, 3.63) is 35.4 Å². The number of urea groups is 1. The molecule has 5 nitrogen and oxygen atoms in total. The van der Waals surface area contributed by atoms with Gasteiger partial charge >= 0.3 is 6.03 Å². The number of hydrogen-bond donors (Lipinski definition) is 2. The smallest absolute Gasteiger partial charge is 0.315 e. The summed E-state index contributed by atoms with van der Waals surface area (Å²) in [5.74, 6) is 0.596. The van der Waals surface area contributed by atoms with Crippen LogP contribution in [0.5, 0.6) is 0 Å². The van der Waals surface area contributed by atoms with Gasteiger partial charge in [0.1, 0.15) is 0 Å². The summed E-state index contributed by atoms with van der Waals surface area (Å²) < 4.78 is 11.4. The van der Waals surface area contributed by atoms with Gasteiger partial charge in [0.05, 0.1) is 11.6 Å². The van der Waals surface area contributed by atoms with Gasteiger partial charge in [-0.1, -0.05) is 38.1 Å². The van der Waals surface area contributed by atoms with Gasteiger partial charge in [0.25, 0.3) is 0 Å². The molecule has 2 saturated heterocycles. The van der Waals surface area contributed by atoms with Crippen LogP contribution in [0.15, 0.2) is 24.3 Å². The summed E-state index contributed by atoms with van der Waals surface area (Å²) in [6, 6.07) is 8.29. The van der Waals surface area contributed by atoms with Crippen LogP contribution in [0.2, 0.25) is 0 Å². The Morgan fingerprint density at radius 1 is 1.20 bits per heavy atom. The molecular weight excluding hydrogens is 316 g/mol. The average molecular weight is 346 g/mol. The van der Waals surface area contributed by atoms with Gasteiger partial charge in [0, 0.05) is 39.2 Å². The summed E-state index contributed by atoms with van der Waals surface area (Å²) in [6.07, 6.45) is 3.61. The van der Waals surface area contributed by atoms with Crippen molar-refractivity contribution in [1.29, 1.82) is 0 Å². The zero-order chi connectivity index (χ0) is 17.7. The van der Waals surface area contributed by atoms with Gasteiger partial charge in [-0.25, -0.2) is 4.79 Å². The standard InChI is InChI=1S/C20H30N2O3/c1-15(2)13-16-5-3-4-6-17(16)14-21-19(23)22-18-7-10-25-20(18)8-11-24-12-9-20/h3-6,15,18H,7-14H2,1-2H3,(H2,21,22,23). The quantitative estimate of drug-likeness (QED) is 0.861. The van der Waals surface area contributed by atoms with Crippen molar-refractivity contribution < 1.29 is 14.3 Å². The Bertz CT molecular complexity index is 582. The first-order valence-corrected chi connectivity index (χ1v) is 9.42. The third kappa shape index (κ3) is 4.53. The largest absolute Gasteiger partial charge is 0.381 e. The lowest BCUT2D eigenvalue weighted by atomic mass is 9.86. The molecule has 3 rings (SSSR count). The highest BCUT2D eigenvalue weighted by molar-refractivity contribution is 5.74. The van der Waals surface area contributed by atoms with Crippen LogP contribution in [0, 0.1) is 5.92 Å². The van der Waals surface area contributed by atoms with Crippen LogP contribution in [-0.4, -0.2) is 37.5 Å². The number of ether oxygens (including phenoxy) is 2. The van der Waals surface area contributed by atoms with E-state index in [1.54, 1.807) is 0 Å². The van der Waals surface area contributed by atoms with Gasteiger partial charge in [-0.15, -0.1) is 0 Å². The molecule has 0 aliphatic carbocycles. The molecule has 2 heterocycles. The second kappa shape index (κ2) is 8.19. The zero-order valence-corrected chi connectivity index (χ0v) is 15.3. The topological polar surface area (TPSA) is 59.6 Å². The van der Waals surface area contributed by atoms with E-state index >= 15 is 0 Å². The number of nitrogens with one attached hydrogen (secondary N) is 2. The highest BCUT2D eigenvalue weighted by Gasteiger charge is 2.46. The van der Waals surface area contributed by atoms with E-state index in [1.165, 1.54) is 11.1 Å². The number of benzene rings is 1. The van der Waals surface area contributed by atoms with E-state index in [9.17, 15) is 4.79 Å². The molecule has 1 unspecified atom stereocenters. The summed E-state index contributed by atoms with van der Waals surface area (Å²) in [5.41, 5.74) is 2.27. The van der Waals surface area contributed by atoms with Crippen molar-refractivity contribution in [3.63, 3.8) is 0 Å².